The molecule has 2 aliphatic heterocycles. The van der Waals surface area contributed by atoms with Crippen LogP contribution in [0.5, 0.6) is 0 Å². The number of primary amides is 1. The van der Waals surface area contributed by atoms with E-state index in [9.17, 15) is 18.0 Å². The van der Waals surface area contributed by atoms with E-state index in [4.69, 9.17) is 10.5 Å². The molecule has 9 nitrogen and oxygen atoms in total. The SMILES string of the molecule is NC(=O)N1CCN(c2nc(Nc3ccccc3N3CCOCC3)ncc2C(F)(F)F)CC1. The number of hydrogen-bond acceptors (Lipinski definition) is 7. The number of nitrogens with two attached hydrogens (primary N) is 1. The minimum atomic E-state index is -4.61. The van der Waals surface area contributed by atoms with Crippen molar-refractivity contribution in [1.29, 1.82) is 0 Å². The van der Waals surface area contributed by atoms with Crippen LogP contribution in [0.15, 0.2) is 30.5 Å². The topological polar surface area (TPSA) is 99.9 Å². The van der Waals surface area contributed by atoms with E-state index in [-0.39, 0.29) is 37.9 Å². The van der Waals surface area contributed by atoms with Crippen molar-refractivity contribution in [2.45, 2.75) is 6.18 Å². The van der Waals surface area contributed by atoms with E-state index in [1.807, 2.05) is 24.3 Å². The highest BCUT2D eigenvalue weighted by Gasteiger charge is 2.37. The first-order chi connectivity index (χ1) is 15.3. The molecule has 3 N–H and O–H groups in total. The molecule has 0 saturated carbocycles. The van der Waals surface area contributed by atoms with Crippen molar-refractivity contribution in [2.75, 3.05) is 67.6 Å². The molecule has 172 valence electrons. The number of urea groups is 1. The predicted octanol–water partition coefficient (Wildman–Crippen LogP) is 2.28. The highest BCUT2D eigenvalue weighted by atomic mass is 19.4. The molecular formula is C20H24F3N7O2. The normalized spacial score (nSPS) is 17.4. The van der Waals surface area contributed by atoms with E-state index in [0.717, 1.165) is 11.9 Å². The zero-order valence-corrected chi connectivity index (χ0v) is 17.3. The van der Waals surface area contributed by atoms with Crippen LogP contribution in [0.25, 0.3) is 0 Å². The van der Waals surface area contributed by atoms with Gasteiger partial charge in [0.2, 0.25) is 5.95 Å². The standard InChI is InChI=1S/C20H24F3N7O2/c21-20(22,23)14-13-25-19(27-17(14)29-5-7-30(8-6-29)18(24)31)26-15-3-1-2-4-16(15)28-9-11-32-12-10-28/h1-4,13H,5-12H2,(H2,24,31)(H,25,26,27). The highest BCUT2D eigenvalue weighted by molar-refractivity contribution is 5.74. The zero-order valence-electron chi connectivity index (χ0n) is 17.3. The fraction of sp³-hybridized carbons (Fsp3) is 0.450. The lowest BCUT2D eigenvalue weighted by Gasteiger charge is -2.35. The summed E-state index contributed by atoms with van der Waals surface area (Å²) in [4.78, 5) is 24.5. The van der Waals surface area contributed by atoms with Gasteiger partial charge >= 0.3 is 12.2 Å². The molecule has 0 radical (unpaired) electrons. The van der Waals surface area contributed by atoms with Gasteiger partial charge in [-0.25, -0.2) is 9.78 Å². The molecule has 2 aromatic rings. The predicted molar refractivity (Wildman–Crippen MR) is 113 cm³/mol. The molecule has 0 aliphatic carbocycles. The Bertz CT molecular complexity index is 958. The number of alkyl halides is 3. The van der Waals surface area contributed by atoms with Crippen LogP contribution in [-0.4, -0.2) is 73.4 Å². The second-order valence-electron chi connectivity index (χ2n) is 7.48. The number of para-hydroxylation sites is 2. The summed E-state index contributed by atoms with van der Waals surface area (Å²) in [5.41, 5.74) is 5.95. The van der Waals surface area contributed by atoms with Crippen LogP contribution in [0, 0.1) is 0 Å². The van der Waals surface area contributed by atoms with Gasteiger partial charge in [-0.05, 0) is 12.1 Å². The van der Waals surface area contributed by atoms with Gasteiger partial charge in [0.1, 0.15) is 11.4 Å². The van der Waals surface area contributed by atoms with Gasteiger partial charge in [-0.1, -0.05) is 12.1 Å². The fourth-order valence-electron chi connectivity index (χ4n) is 3.79. The molecule has 1 aromatic carbocycles. The summed E-state index contributed by atoms with van der Waals surface area (Å²) in [6.45, 7) is 3.45. The number of hydrogen-bond donors (Lipinski definition) is 2. The lowest BCUT2D eigenvalue weighted by atomic mass is 10.2. The maximum atomic E-state index is 13.6. The Labute approximate surface area is 183 Å². The van der Waals surface area contributed by atoms with Crippen LogP contribution >= 0.6 is 0 Å². The molecule has 2 saturated heterocycles. The third-order valence-corrected chi connectivity index (χ3v) is 5.47. The van der Waals surface area contributed by atoms with Crippen LogP contribution in [0.1, 0.15) is 5.56 Å². The summed E-state index contributed by atoms with van der Waals surface area (Å²) >= 11 is 0. The van der Waals surface area contributed by atoms with Crippen LogP contribution in [-0.2, 0) is 10.9 Å². The van der Waals surface area contributed by atoms with Crippen LogP contribution < -0.4 is 20.9 Å². The van der Waals surface area contributed by atoms with E-state index >= 15 is 0 Å². The van der Waals surface area contributed by atoms with Gasteiger partial charge in [0.15, 0.2) is 0 Å². The minimum Gasteiger partial charge on any atom is -0.378 e. The van der Waals surface area contributed by atoms with Gasteiger partial charge in [0, 0.05) is 45.5 Å². The number of amides is 2. The largest absolute Gasteiger partial charge is 0.421 e. The first-order valence-electron chi connectivity index (χ1n) is 10.3. The number of halogens is 3. The number of aromatic nitrogens is 2. The van der Waals surface area contributed by atoms with E-state index in [1.54, 1.807) is 0 Å². The lowest BCUT2D eigenvalue weighted by Crippen LogP contribution is -2.51. The van der Waals surface area contributed by atoms with E-state index in [1.165, 1.54) is 9.80 Å². The molecular weight excluding hydrogens is 427 g/mol. The first-order valence-corrected chi connectivity index (χ1v) is 10.3. The van der Waals surface area contributed by atoms with E-state index < -0.39 is 17.8 Å². The second kappa shape index (κ2) is 9.07. The quantitative estimate of drug-likeness (QED) is 0.736. The Kier molecular flexibility index (Phi) is 6.21. The summed E-state index contributed by atoms with van der Waals surface area (Å²) in [5, 5.41) is 3.07. The summed E-state index contributed by atoms with van der Waals surface area (Å²) in [7, 11) is 0. The van der Waals surface area contributed by atoms with E-state index in [0.29, 0.717) is 32.0 Å². The maximum Gasteiger partial charge on any atom is 0.421 e. The molecule has 0 spiro atoms. The Hall–Kier alpha value is -3.28. The number of nitrogens with zero attached hydrogens (tertiary/aromatic N) is 5. The molecule has 2 fully saturated rings. The molecule has 0 unspecified atom stereocenters. The van der Waals surface area contributed by atoms with Crippen molar-refractivity contribution in [3.05, 3.63) is 36.0 Å². The number of piperazine rings is 1. The van der Waals surface area contributed by atoms with Crippen LogP contribution in [0.3, 0.4) is 0 Å². The fourth-order valence-corrected chi connectivity index (χ4v) is 3.79. The maximum absolute atomic E-state index is 13.6. The Morgan fingerprint density at radius 3 is 2.38 bits per heavy atom. The smallest absolute Gasteiger partial charge is 0.378 e. The van der Waals surface area contributed by atoms with Crippen molar-refractivity contribution < 1.29 is 22.7 Å². The van der Waals surface area contributed by atoms with Gasteiger partial charge in [0.25, 0.3) is 0 Å². The molecule has 0 atom stereocenters. The Balaban J connectivity index is 1.61. The number of nitrogens with one attached hydrogen (secondary N) is 1. The third-order valence-electron chi connectivity index (χ3n) is 5.47. The van der Waals surface area contributed by atoms with Gasteiger partial charge in [-0.3, -0.25) is 0 Å². The number of carbonyl (C=O) groups excluding carboxylic acids is 1. The minimum absolute atomic E-state index is 0.0611. The average Bonchev–Trinajstić information content (AvgIpc) is 2.79. The van der Waals surface area contributed by atoms with Crippen molar-refractivity contribution in [1.82, 2.24) is 14.9 Å². The Morgan fingerprint density at radius 2 is 1.72 bits per heavy atom. The molecule has 2 amide bonds. The van der Waals surface area contributed by atoms with Crippen LogP contribution in [0.4, 0.5) is 41.1 Å². The summed E-state index contributed by atoms with van der Waals surface area (Å²) in [6.07, 6.45) is -3.82. The van der Waals surface area contributed by atoms with Crippen molar-refractivity contribution in [3.8, 4) is 0 Å². The van der Waals surface area contributed by atoms with Gasteiger partial charge < -0.3 is 30.5 Å². The number of benzene rings is 1. The summed E-state index contributed by atoms with van der Waals surface area (Å²) in [5.74, 6) is -0.158. The first kappa shape index (κ1) is 21.9. The average molecular weight is 451 g/mol. The van der Waals surface area contributed by atoms with Crippen LogP contribution in [0.2, 0.25) is 0 Å². The molecule has 0 bridgehead atoms. The molecule has 1 aromatic heterocycles. The number of ether oxygens (including phenoxy) is 1. The monoisotopic (exact) mass is 451 g/mol. The number of rotatable bonds is 4. The number of anilines is 4. The molecule has 3 heterocycles. The second-order valence-corrected chi connectivity index (χ2v) is 7.48. The molecule has 12 heteroatoms. The van der Waals surface area contributed by atoms with E-state index in [2.05, 4.69) is 20.2 Å². The summed E-state index contributed by atoms with van der Waals surface area (Å²) in [6, 6.07) is 6.90. The Morgan fingerprint density at radius 1 is 1.03 bits per heavy atom. The third kappa shape index (κ3) is 4.79. The number of morpholine rings is 1. The van der Waals surface area contributed by atoms with Gasteiger partial charge in [0.05, 0.1) is 24.6 Å². The molecule has 32 heavy (non-hydrogen) atoms. The zero-order chi connectivity index (χ0) is 22.7. The number of carbonyl (C=O) groups is 1. The summed E-state index contributed by atoms with van der Waals surface area (Å²) < 4.78 is 46.3. The highest BCUT2D eigenvalue weighted by Crippen LogP contribution is 2.37. The lowest BCUT2D eigenvalue weighted by molar-refractivity contribution is -0.137. The van der Waals surface area contributed by atoms with Crippen molar-refractivity contribution >= 4 is 29.2 Å². The van der Waals surface area contributed by atoms with Gasteiger partial charge in [-0.2, -0.15) is 18.2 Å². The van der Waals surface area contributed by atoms with Crippen molar-refractivity contribution in [2.24, 2.45) is 5.73 Å². The molecule has 4 rings (SSSR count). The van der Waals surface area contributed by atoms with Crippen molar-refractivity contribution in [3.63, 3.8) is 0 Å². The van der Waals surface area contributed by atoms with Gasteiger partial charge in [-0.15, -0.1) is 0 Å². The molecule has 2 aliphatic rings.